The van der Waals surface area contributed by atoms with E-state index in [-0.39, 0.29) is 11.8 Å². The molecule has 1 aromatic carbocycles. The van der Waals surface area contributed by atoms with Crippen LogP contribution in [0.5, 0.6) is 0 Å². The van der Waals surface area contributed by atoms with Crippen LogP contribution < -0.4 is 0 Å². The fourth-order valence-corrected chi connectivity index (χ4v) is 3.91. The largest absolute Gasteiger partial charge is 0.378 e. The summed E-state index contributed by atoms with van der Waals surface area (Å²) in [6, 6.07) is 6.80. The summed E-state index contributed by atoms with van der Waals surface area (Å²) in [6.45, 7) is 3.05. The second-order valence-corrected chi connectivity index (χ2v) is 7.44. The van der Waals surface area contributed by atoms with Gasteiger partial charge in [0.25, 0.3) is 5.91 Å². The highest BCUT2D eigenvalue weighted by Crippen LogP contribution is 2.25. The van der Waals surface area contributed by atoms with E-state index < -0.39 is 6.10 Å². The number of aliphatic hydroxyl groups excluding tert-OH is 1. The van der Waals surface area contributed by atoms with Crippen molar-refractivity contribution in [2.75, 3.05) is 26.2 Å². The summed E-state index contributed by atoms with van der Waals surface area (Å²) in [5.41, 5.74) is 0.534. The Hall–Kier alpha value is -1.59. The molecule has 1 atom stereocenters. The summed E-state index contributed by atoms with van der Waals surface area (Å²) in [5.74, 6) is 0.563. The van der Waals surface area contributed by atoms with Gasteiger partial charge in [-0.25, -0.2) is 0 Å². The number of rotatable bonds is 5. The molecule has 1 N–H and O–H groups in total. The zero-order valence-corrected chi connectivity index (χ0v) is 15.1. The van der Waals surface area contributed by atoms with Crippen LogP contribution in [-0.4, -0.2) is 52.9 Å². The average Bonchev–Trinajstić information content (AvgIpc) is 3.04. The summed E-state index contributed by atoms with van der Waals surface area (Å²) in [5, 5.41) is 10.8. The van der Waals surface area contributed by atoms with Gasteiger partial charge in [-0.05, 0) is 49.3 Å². The SMILES string of the molecule is O=C1CCCN1CCC1CCN(C(=O)[C@@H](O)c2cccc(Cl)c2)CC1. The maximum atomic E-state index is 12.5. The molecule has 0 bridgehead atoms. The Kier molecular flexibility index (Phi) is 5.97. The van der Waals surface area contributed by atoms with E-state index in [9.17, 15) is 14.7 Å². The van der Waals surface area contributed by atoms with Crippen molar-refractivity contribution in [2.24, 2.45) is 5.92 Å². The number of benzene rings is 1. The van der Waals surface area contributed by atoms with Gasteiger partial charge < -0.3 is 14.9 Å². The highest BCUT2D eigenvalue weighted by molar-refractivity contribution is 6.30. The smallest absolute Gasteiger partial charge is 0.256 e. The van der Waals surface area contributed by atoms with Crippen LogP contribution in [0.25, 0.3) is 0 Å². The minimum absolute atomic E-state index is 0.254. The van der Waals surface area contributed by atoms with E-state index in [0.717, 1.165) is 38.8 Å². The Bertz CT molecular complexity index is 629. The first-order valence-electron chi connectivity index (χ1n) is 9.04. The van der Waals surface area contributed by atoms with Gasteiger partial charge in [-0.15, -0.1) is 0 Å². The van der Waals surface area contributed by atoms with Crippen LogP contribution >= 0.6 is 11.6 Å². The minimum Gasteiger partial charge on any atom is -0.378 e. The molecule has 2 amide bonds. The third kappa shape index (κ3) is 4.53. The molecule has 0 unspecified atom stereocenters. The summed E-state index contributed by atoms with van der Waals surface area (Å²) in [6.07, 6.45) is 3.37. The second kappa shape index (κ2) is 8.19. The molecule has 25 heavy (non-hydrogen) atoms. The number of nitrogens with zero attached hydrogens (tertiary/aromatic N) is 2. The molecule has 2 heterocycles. The second-order valence-electron chi connectivity index (χ2n) is 7.00. The monoisotopic (exact) mass is 364 g/mol. The Morgan fingerprint density at radius 2 is 2.04 bits per heavy atom. The van der Waals surface area contributed by atoms with Gasteiger partial charge in [-0.2, -0.15) is 0 Å². The zero-order valence-electron chi connectivity index (χ0n) is 14.4. The first-order valence-corrected chi connectivity index (χ1v) is 9.42. The number of amides is 2. The number of likely N-dealkylation sites (tertiary alicyclic amines) is 2. The zero-order chi connectivity index (χ0) is 17.8. The van der Waals surface area contributed by atoms with Crippen molar-refractivity contribution in [3.63, 3.8) is 0 Å². The quantitative estimate of drug-likeness (QED) is 0.873. The average molecular weight is 365 g/mol. The van der Waals surface area contributed by atoms with Crippen LogP contribution in [0.1, 0.15) is 43.8 Å². The van der Waals surface area contributed by atoms with Crippen molar-refractivity contribution >= 4 is 23.4 Å². The fraction of sp³-hybridized carbons (Fsp3) is 0.579. The van der Waals surface area contributed by atoms with Gasteiger partial charge in [-0.3, -0.25) is 9.59 Å². The van der Waals surface area contributed by atoms with Crippen LogP contribution in [0.3, 0.4) is 0 Å². The molecule has 136 valence electrons. The van der Waals surface area contributed by atoms with Crippen LogP contribution in [0.2, 0.25) is 5.02 Å². The number of hydrogen-bond donors (Lipinski definition) is 1. The van der Waals surface area contributed by atoms with Crippen molar-refractivity contribution < 1.29 is 14.7 Å². The summed E-state index contributed by atoms with van der Waals surface area (Å²) in [7, 11) is 0. The normalized spacial score (nSPS) is 20.2. The molecule has 3 rings (SSSR count). The molecule has 2 aliphatic heterocycles. The summed E-state index contributed by atoms with van der Waals surface area (Å²) in [4.78, 5) is 27.9. The Labute approximate surface area is 153 Å². The minimum atomic E-state index is -1.16. The van der Waals surface area contributed by atoms with E-state index in [1.54, 1.807) is 29.2 Å². The molecule has 5 nitrogen and oxygen atoms in total. The number of piperidine rings is 1. The van der Waals surface area contributed by atoms with Gasteiger partial charge in [-0.1, -0.05) is 23.7 Å². The van der Waals surface area contributed by atoms with Crippen molar-refractivity contribution in [1.29, 1.82) is 0 Å². The highest BCUT2D eigenvalue weighted by Gasteiger charge is 2.29. The van der Waals surface area contributed by atoms with Gasteiger partial charge in [0.1, 0.15) is 0 Å². The standard InChI is InChI=1S/C19H25ClN2O3/c20-16-4-1-3-15(13-16)18(24)19(25)22-11-7-14(8-12-22)6-10-21-9-2-5-17(21)23/h1,3-4,13-14,18,24H,2,5-12H2/t18-/m0/s1. The number of carbonyl (C=O) groups excluding carboxylic acids is 2. The van der Waals surface area contributed by atoms with E-state index in [1.807, 2.05) is 4.90 Å². The van der Waals surface area contributed by atoms with Gasteiger partial charge in [0.2, 0.25) is 5.91 Å². The molecule has 0 aliphatic carbocycles. The van der Waals surface area contributed by atoms with E-state index in [4.69, 9.17) is 11.6 Å². The van der Waals surface area contributed by atoms with Gasteiger partial charge >= 0.3 is 0 Å². The molecule has 0 radical (unpaired) electrons. The molecule has 2 aliphatic rings. The lowest BCUT2D eigenvalue weighted by atomic mass is 9.93. The predicted octanol–water partition coefficient (Wildman–Crippen LogP) is 2.62. The molecule has 0 saturated carbocycles. The third-order valence-electron chi connectivity index (χ3n) is 5.30. The first kappa shape index (κ1) is 18.2. The van der Waals surface area contributed by atoms with Crippen molar-refractivity contribution in [2.45, 2.75) is 38.2 Å². The Balaban J connectivity index is 1.46. The molecule has 0 spiro atoms. The lowest BCUT2D eigenvalue weighted by Crippen LogP contribution is -2.41. The molecule has 2 fully saturated rings. The van der Waals surface area contributed by atoms with E-state index in [0.29, 0.717) is 36.0 Å². The van der Waals surface area contributed by atoms with Gasteiger partial charge in [0.15, 0.2) is 6.10 Å². The number of aliphatic hydroxyl groups is 1. The molecule has 1 aromatic rings. The summed E-state index contributed by atoms with van der Waals surface area (Å²) >= 11 is 5.93. The van der Waals surface area contributed by atoms with Crippen molar-refractivity contribution in [3.05, 3.63) is 34.9 Å². The third-order valence-corrected chi connectivity index (χ3v) is 5.54. The molecule has 6 heteroatoms. The molecule has 2 saturated heterocycles. The highest BCUT2D eigenvalue weighted by atomic mass is 35.5. The van der Waals surface area contributed by atoms with Crippen molar-refractivity contribution in [1.82, 2.24) is 9.80 Å². The van der Waals surface area contributed by atoms with E-state index >= 15 is 0 Å². The number of hydrogen-bond acceptors (Lipinski definition) is 3. The lowest BCUT2D eigenvalue weighted by Gasteiger charge is -2.34. The number of carbonyl (C=O) groups is 2. The van der Waals surface area contributed by atoms with Gasteiger partial charge in [0.05, 0.1) is 0 Å². The van der Waals surface area contributed by atoms with Crippen LogP contribution in [0, 0.1) is 5.92 Å². The fourth-order valence-electron chi connectivity index (χ4n) is 3.71. The first-order chi connectivity index (χ1) is 12.0. The van der Waals surface area contributed by atoms with Crippen LogP contribution in [0.4, 0.5) is 0 Å². The van der Waals surface area contributed by atoms with Gasteiger partial charge in [0, 0.05) is 37.6 Å². The lowest BCUT2D eigenvalue weighted by molar-refractivity contribution is -0.142. The maximum absolute atomic E-state index is 12.5. The predicted molar refractivity (Wildman–Crippen MR) is 96.1 cm³/mol. The maximum Gasteiger partial charge on any atom is 0.256 e. The topological polar surface area (TPSA) is 60.9 Å². The molecular formula is C19H25ClN2O3. The number of halogens is 1. The summed E-state index contributed by atoms with van der Waals surface area (Å²) < 4.78 is 0. The van der Waals surface area contributed by atoms with Crippen molar-refractivity contribution in [3.8, 4) is 0 Å². The Morgan fingerprint density at radius 1 is 1.28 bits per heavy atom. The van der Waals surface area contributed by atoms with E-state index in [2.05, 4.69) is 0 Å². The van der Waals surface area contributed by atoms with E-state index in [1.165, 1.54) is 0 Å². The van der Waals surface area contributed by atoms with Crippen LogP contribution in [-0.2, 0) is 9.59 Å². The van der Waals surface area contributed by atoms with Crippen LogP contribution in [0.15, 0.2) is 24.3 Å². The Morgan fingerprint density at radius 3 is 2.68 bits per heavy atom. The molecular weight excluding hydrogens is 340 g/mol. The molecule has 0 aromatic heterocycles.